The number of aliphatic carboxylic acids is 1. The van der Waals surface area contributed by atoms with Crippen LogP contribution in [-0.2, 0) is 22.4 Å². The van der Waals surface area contributed by atoms with Crippen molar-refractivity contribution < 1.29 is 19.2 Å². The number of amides is 1. The molecule has 0 aromatic carbocycles. The molecule has 122 valence electrons. The molecule has 0 unspecified atom stereocenters. The van der Waals surface area contributed by atoms with E-state index in [9.17, 15) is 14.7 Å². The minimum absolute atomic E-state index is 0.203. The van der Waals surface area contributed by atoms with Gasteiger partial charge in [-0.1, -0.05) is 5.16 Å². The van der Waals surface area contributed by atoms with E-state index in [4.69, 9.17) is 4.52 Å². The Morgan fingerprint density at radius 1 is 1.48 bits per heavy atom. The maximum Gasteiger partial charge on any atom is 0.332 e. The van der Waals surface area contributed by atoms with Gasteiger partial charge in [0.15, 0.2) is 6.04 Å². The third-order valence-electron chi connectivity index (χ3n) is 4.25. The number of aromatic amines is 1. The van der Waals surface area contributed by atoms with Crippen molar-refractivity contribution in [3.05, 3.63) is 34.7 Å². The Morgan fingerprint density at radius 2 is 2.26 bits per heavy atom. The topological polar surface area (TPSA) is 112 Å². The van der Waals surface area contributed by atoms with Crippen molar-refractivity contribution in [1.82, 2.24) is 20.0 Å². The molecule has 3 rings (SSSR count). The molecule has 1 aliphatic heterocycles. The normalized spacial score (nSPS) is 17.1. The van der Waals surface area contributed by atoms with Gasteiger partial charge < -0.3 is 19.5 Å². The van der Waals surface area contributed by atoms with Crippen molar-refractivity contribution in [2.75, 3.05) is 6.54 Å². The number of nitrogens with one attached hydrogen (secondary N) is 1. The lowest BCUT2D eigenvalue weighted by atomic mass is 10.0. The molecule has 1 atom stereocenters. The van der Waals surface area contributed by atoms with E-state index < -0.39 is 12.0 Å². The predicted molar refractivity (Wildman–Crippen MR) is 78.7 cm³/mol. The summed E-state index contributed by atoms with van der Waals surface area (Å²) in [5, 5.41) is 13.4. The highest BCUT2D eigenvalue weighted by atomic mass is 16.5. The quantitative estimate of drug-likeness (QED) is 0.874. The number of aromatic nitrogens is 3. The van der Waals surface area contributed by atoms with Crippen LogP contribution in [0.4, 0.5) is 0 Å². The van der Waals surface area contributed by atoms with Crippen molar-refractivity contribution in [1.29, 1.82) is 0 Å². The number of imidazole rings is 1. The molecule has 0 saturated carbocycles. The summed E-state index contributed by atoms with van der Waals surface area (Å²) >= 11 is 0. The Balaban J connectivity index is 1.75. The number of nitrogens with zero attached hydrogens (tertiary/aromatic N) is 3. The fourth-order valence-electron chi connectivity index (χ4n) is 3.03. The second-order valence-corrected chi connectivity index (χ2v) is 5.65. The highest BCUT2D eigenvalue weighted by Gasteiger charge is 2.37. The standard InChI is InChI=1S/C15H18N4O4/c1-8-10(9(2)23-18-8)3-4-12(20)19-6-5-11-13(17-7-16-11)14(19)15(21)22/h7,14H,3-6H2,1-2H3,(H,16,17)(H,21,22)/t14-/m1/s1. The van der Waals surface area contributed by atoms with E-state index in [1.54, 1.807) is 6.92 Å². The first-order chi connectivity index (χ1) is 11.0. The van der Waals surface area contributed by atoms with Crippen LogP contribution in [-0.4, -0.2) is 43.6 Å². The van der Waals surface area contributed by atoms with Crippen LogP contribution in [0.15, 0.2) is 10.9 Å². The largest absolute Gasteiger partial charge is 0.479 e. The Morgan fingerprint density at radius 3 is 2.91 bits per heavy atom. The van der Waals surface area contributed by atoms with Crippen LogP contribution in [0.25, 0.3) is 0 Å². The lowest BCUT2D eigenvalue weighted by Gasteiger charge is -2.32. The number of carbonyl (C=O) groups excluding carboxylic acids is 1. The van der Waals surface area contributed by atoms with E-state index in [2.05, 4.69) is 15.1 Å². The third kappa shape index (κ3) is 2.71. The van der Waals surface area contributed by atoms with Crippen molar-refractivity contribution in [3.63, 3.8) is 0 Å². The van der Waals surface area contributed by atoms with Gasteiger partial charge in [0.2, 0.25) is 5.91 Å². The average molecular weight is 318 g/mol. The van der Waals surface area contributed by atoms with Gasteiger partial charge in [0.25, 0.3) is 0 Å². The van der Waals surface area contributed by atoms with Crippen LogP contribution < -0.4 is 0 Å². The van der Waals surface area contributed by atoms with Crippen LogP contribution in [0.1, 0.15) is 40.9 Å². The van der Waals surface area contributed by atoms with Crippen LogP contribution >= 0.6 is 0 Å². The zero-order chi connectivity index (χ0) is 16.6. The number of H-pyrrole nitrogens is 1. The average Bonchev–Trinajstić information content (AvgIpc) is 3.11. The molecule has 0 radical (unpaired) electrons. The van der Waals surface area contributed by atoms with E-state index >= 15 is 0 Å². The zero-order valence-corrected chi connectivity index (χ0v) is 13.0. The van der Waals surface area contributed by atoms with E-state index in [1.807, 2.05) is 6.92 Å². The van der Waals surface area contributed by atoms with Crippen LogP contribution in [0.5, 0.6) is 0 Å². The second-order valence-electron chi connectivity index (χ2n) is 5.65. The number of rotatable bonds is 4. The van der Waals surface area contributed by atoms with Gasteiger partial charge in [-0.2, -0.15) is 0 Å². The summed E-state index contributed by atoms with van der Waals surface area (Å²) in [6.07, 6.45) is 2.75. The molecule has 2 aromatic rings. The molecule has 0 aliphatic carbocycles. The molecule has 23 heavy (non-hydrogen) atoms. The number of carboxylic acid groups (broad SMARTS) is 1. The summed E-state index contributed by atoms with van der Waals surface area (Å²) in [6, 6.07) is -1.03. The molecule has 2 N–H and O–H groups in total. The molecule has 3 heterocycles. The number of carbonyl (C=O) groups is 2. The summed E-state index contributed by atoms with van der Waals surface area (Å²) in [7, 11) is 0. The molecular weight excluding hydrogens is 300 g/mol. The first kappa shape index (κ1) is 15.3. The highest BCUT2D eigenvalue weighted by molar-refractivity contribution is 5.85. The van der Waals surface area contributed by atoms with Crippen molar-refractivity contribution in [2.45, 2.75) is 39.2 Å². The smallest absolute Gasteiger partial charge is 0.332 e. The van der Waals surface area contributed by atoms with E-state index in [0.717, 1.165) is 17.0 Å². The molecule has 2 aromatic heterocycles. The third-order valence-corrected chi connectivity index (χ3v) is 4.25. The summed E-state index contributed by atoms with van der Waals surface area (Å²) in [5.74, 6) is -0.576. The number of hydrogen-bond donors (Lipinski definition) is 2. The summed E-state index contributed by atoms with van der Waals surface area (Å²) < 4.78 is 5.09. The Labute approximate surface area is 132 Å². The summed E-state index contributed by atoms with van der Waals surface area (Å²) in [4.78, 5) is 32.5. The number of carboxylic acids is 1. The molecule has 0 saturated heterocycles. The molecule has 0 bridgehead atoms. The summed E-state index contributed by atoms with van der Waals surface area (Å²) in [5.41, 5.74) is 2.88. The zero-order valence-electron chi connectivity index (χ0n) is 13.0. The van der Waals surface area contributed by atoms with Gasteiger partial charge in [-0.25, -0.2) is 9.78 Å². The van der Waals surface area contributed by atoms with Crippen molar-refractivity contribution >= 4 is 11.9 Å². The van der Waals surface area contributed by atoms with Crippen molar-refractivity contribution in [2.24, 2.45) is 0 Å². The van der Waals surface area contributed by atoms with Gasteiger partial charge in [0.1, 0.15) is 5.76 Å². The monoisotopic (exact) mass is 318 g/mol. The lowest BCUT2D eigenvalue weighted by molar-refractivity contribution is -0.151. The van der Waals surface area contributed by atoms with E-state index in [1.165, 1.54) is 11.2 Å². The van der Waals surface area contributed by atoms with Crippen LogP contribution in [0, 0.1) is 13.8 Å². The molecular formula is C15H18N4O4. The maximum absolute atomic E-state index is 12.5. The molecule has 8 heteroatoms. The van der Waals surface area contributed by atoms with Crippen LogP contribution in [0.2, 0.25) is 0 Å². The first-order valence-corrected chi connectivity index (χ1v) is 7.45. The summed E-state index contributed by atoms with van der Waals surface area (Å²) in [6.45, 7) is 4.00. The van der Waals surface area contributed by atoms with Gasteiger partial charge in [-0.15, -0.1) is 0 Å². The minimum atomic E-state index is -1.07. The Hall–Kier alpha value is -2.64. The fourth-order valence-corrected chi connectivity index (χ4v) is 3.03. The highest BCUT2D eigenvalue weighted by Crippen LogP contribution is 2.28. The van der Waals surface area contributed by atoms with Crippen molar-refractivity contribution in [3.8, 4) is 0 Å². The second kappa shape index (κ2) is 5.86. The molecule has 8 nitrogen and oxygen atoms in total. The van der Waals surface area contributed by atoms with Gasteiger partial charge in [0, 0.05) is 30.6 Å². The number of aryl methyl sites for hydroxylation is 2. The lowest BCUT2D eigenvalue weighted by Crippen LogP contribution is -2.43. The van der Waals surface area contributed by atoms with E-state index in [0.29, 0.717) is 30.8 Å². The Bertz CT molecular complexity index is 729. The molecule has 1 aliphatic rings. The maximum atomic E-state index is 12.5. The SMILES string of the molecule is Cc1noc(C)c1CCC(=O)N1CCc2[nH]cnc2[C@@H]1C(=O)O. The van der Waals surface area contributed by atoms with Crippen LogP contribution in [0.3, 0.4) is 0 Å². The van der Waals surface area contributed by atoms with E-state index in [-0.39, 0.29) is 12.3 Å². The first-order valence-electron chi connectivity index (χ1n) is 7.45. The fraction of sp³-hybridized carbons (Fsp3) is 0.467. The number of fused-ring (bicyclic) bond motifs is 1. The van der Waals surface area contributed by atoms with Gasteiger partial charge in [-0.3, -0.25) is 4.79 Å². The van der Waals surface area contributed by atoms with Gasteiger partial charge >= 0.3 is 5.97 Å². The Kier molecular flexibility index (Phi) is 3.89. The number of hydrogen-bond acceptors (Lipinski definition) is 5. The molecule has 1 amide bonds. The molecule has 0 spiro atoms. The predicted octanol–water partition coefficient (Wildman–Crippen LogP) is 1.16. The van der Waals surface area contributed by atoms with Gasteiger partial charge in [0.05, 0.1) is 17.7 Å². The van der Waals surface area contributed by atoms with Gasteiger partial charge in [-0.05, 0) is 20.3 Å². The minimum Gasteiger partial charge on any atom is -0.479 e. The molecule has 0 fully saturated rings.